The second kappa shape index (κ2) is 8.61. The molecule has 0 radical (unpaired) electrons. The Morgan fingerprint density at radius 3 is 2.67 bits per heavy atom. The van der Waals surface area contributed by atoms with Crippen LogP contribution in [0.1, 0.15) is 46.8 Å². The number of benzene rings is 2. The van der Waals surface area contributed by atoms with Crippen molar-refractivity contribution in [1.82, 2.24) is 24.5 Å². The highest BCUT2D eigenvalue weighted by Gasteiger charge is 2.22. The van der Waals surface area contributed by atoms with Gasteiger partial charge in [0.2, 0.25) is 0 Å². The van der Waals surface area contributed by atoms with Gasteiger partial charge in [0.1, 0.15) is 11.6 Å². The maximum atomic E-state index is 14.8. The summed E-state index contributed by atoms with van der Waals surface area (Å²) in [6.45, 7) is 4.44. The van der Waals surface area contributed by atoms with Gasteiger partial charge in [-0.25, -0.2) is 9.07 Å². The lowest BCUT2D eigenvalue weighted by molar-refractivity contribution is 0.102. The largest absolute Gasteiger partial charge is 0.322 e. The lowest BCUT2D eigenvalue weighted by Crippen LogP contribution is -2.14. The first-order valence-corrected chi connectivity index (χ1v) is 11.2. The highest BCUT2D eigenvalue weighted by Crippen LogP contribution is 2.28. The number of nitrogens with zero attached hydrogens (tertiary/aromatic N) is 5. The number of aryl methyl sites for hydroxylation is 2. The fraction of sp³-hybridized carbons (Fsp3) is 0.280. The summed E-state index contributed by atoms with van der Waals surface area (Å²) in [5.74, 6) is 0.710. The number of rotatable bonds is 4. The smallest absolute Gasteiger partial charge is 0.259 e. The zero-order chi connectivity index (χ0) is 22.9. The maximum Gasteiger partial charge on any atom is 0.259 e. The molecule has 0 fully saturated rings. The summed E-state index contributed by atoms with van der Waals surface area (Å²) in [6, 6.07) is 14.2. The van der Waals surface area contributed by atoms with Gasteiger partial charge in [-0.15, -0.1) is 10.2 Å². The first-order valence-electron chi connectivity index (χ1n) is 11.2. The minimum atomic E-state index is -0.392. The van der Waals surface area contributed by atoms with E-state index in [1.165, 1.54) is 6.07 Å². The lowest BCUT2D eigenvalue weighted by atomic mass is 10.1. The van der Waals surface area contributed by atoms with Crippen molar-refractivity contribution < 1.29 is 9.18 Å². The highest BCUT2D eigenvalue weighted by molar-refractivity contribution is 6.06. The number of hydrogen-bond donors (Lipinski definition) is 1. The minimum absolute atomic E-state index is 0.287. The zero-order valence-corrected chi connectivity index (χ0v) is 18.7. The fourth-order valence-electron chi connectivity index (χ4n) is 4.44. The van der Waals surface area contributed by atoms with Crippen LogP contribution in [0.25, 0.3) is 17.1 Å². The molecule has 33 heavy (non-hydrogen) atoms. The van der Waals surface area contributed by atoms with Crippen LogP contribution in [0.5, 0.6) is 0 Å². The number of nitrogens with one attached hydrogen (secondary N) is 1. The van der Waals surface area contributed by atoms with Crippen molar-refractivity contribution in [2.24, 2.45) is 0 Å². The lowest BCUT2D eigenvalue weighted by Gasteiger charge is -2.11. The van der Waals surface area contributed by atoms with Crippen LogP contribution in [-0.2, 0) is 13.0 Å². The molecular weight excluding hydrogens is 419 g/mol. The maximum absolute atomic E-state index is 14.8. The summed E-state index contributed by atoms with van der Waals surface area (Å²) < 4.78 is 18.5. The van der Waals surface area contributed by atoms with E-state index in [1.54, 1.807) is 16.8 Å². The molecule has 2 aromatic heterocycles. The highest BCUT2D eigenvalue weighted by atomic mass is 19.1. The summed E-state index contributed by atoms with van der Waals surface area (Å²) in [4.78, 5) is 13.2. The fourth-order valence-corrected chi connectivity index (χ4v) is 4.44. The molecule has 0 atom stereocenters. The van der Waals surface area contributed by atoms with Crippen molar-refractivity contribution in [2.75, 3.05) is 5.32 Å². The average molecular weight is 445 g/mol. The Balaban J connectivity index is 1.45. The topological polar surface area (TPSA) is 77.6 Å². The van der Waals surface area contributed by atoms with Gasteiger partial charge in [-0.1, -0.05) is 24.6 Å². The van der Waals surface area contributed by atoms with E-state index >= 15 is 0 Å². The van der Waals surface area contributed by atoms with Crippen LogP contribution < -0.4 is 5.32 Å². The first kappa shape index (κ1) is 21.1. The molecule has 0 spiro atoms. The van der Waals surface area contributed by atoms with Crippen LogP contribution in [-0.4, -0.2) is 30.5 Å². The summed E-state index contributed by atoms with van der Waals surface area (Å²) in [7, 11) is 0. The third kappa shape index (κ3) is 3.92. The molecule has 0 saturated carbocycles. The number of fused-ring (bicyclic) bond motifs is 1. The van der Waals surface area contributed by atoms with Crippen molar-refractivity contribution in [3.8, 4) is 17.1 Å². The number of carbonyl (C=O) groups is 1. The number of halogens is 1. The Labute approximate surface area is 191 Å². The molecule has 1 aliphatic heterocycles. The predicted octanol–water partition coefficient (Wildman–Crippen LogP) is 4.87. The third-order valence-corrected chi connectivity index (χ3v) is 6.09. The van der Waals surface area contributed by atoms with Gasteiger partial charge in [-0.2, -0.15) is 5.10 Å². The van der Waals surface area contributed by atoms with Gasteiger partial charge < -0.3 is 9.88 Å². The number of amides is 1. The molecule has 8 heteroatoms. The first-order chi connectivity index (χ1) is 16.0. The molecule has 4 aromatic rings. The normalized spacial score (nSPS) is 13.4. The number of carbonyl (C=O) groups excluding carboxylic acids is 1. The monoisotopic (exact) mass is 444 g/mol. The Kier molecular flexibility index (Phi) is 5.50. The molecule has 0 unspecified atom stereocenters. The Hall–Kier alpha value is -3.81. The van der Waals surface area contributed by atoms with Crippen LogP contribution in [0, 0.1) is 19.7 Å². The molecular formula is C25H25FN6O. The summed E-state index contributed by atoms with van der Waals surface area (Å²) >= 11 is 0. The summed E-state index contributed by atoms with van der Waals surface area (Å²) in [5.41, 5.74) is 3.57. The van der Waals surface area contributed by atoms with E-state index in [4.69, 9.17) is 0 Å². The zero-order valence-electron chi connectivity index (χ0n) is 18.7. The molecule has 1 N–H and O–H groups in total. The van der Waals surface area contributed by atoms with E-state index in [0.717, 1.165) is 49.4 Å². The molecule has 3 heterocycles. The van der Waals surface area contributed by atoms with Crippen molar-refractivity contribution in [1.29, 1.82) is 0 Å². The number of hydrogen-bond acceptors (Lipinski definition) is 4. The SMILES string of the molecule is Cc1nn(-c2ccccc2)c(C)c1C(=O)Nc1ccc(F)c(-c2nnc3n2CCCCC3)c1. The molecule has 1 amide bonds. The number of aromatic nitrogens is 5. The molecule has 2 aromatic carbocycles. The third-order valence-electron chi connectivity index (χ3n) is 6.09. The molecule has 0 saturated heterocycles. The van der Waals surface area contributed by atoms with Gasteiger partial charge in [0, 0.05) is 18.7 Å². The van der Waals surface area contributed by atoms with Crippen molar-refractivity contribution >= 4 is 11.6 Å². The minimum Gasteiger partial charge on any atom is -0.322 e. The van der Waals surface area contributed by atoms with Crippen molar-refractivity contribution in [3.05, 3.63) is 77.1 Å². The Morgan fingerprint density at radius 2 is 1.85 bits per heavy atom. The molecule has 0 aliphatic carbocycles. The van der Waals surface area contributed by atoms with Crippen LogP contribution in [0.3, 0.4) is 0 Å². The Morgan fingerprint density at radius 1 is 1.03 bits per heavy atom. The molecule has 7 nitrogen and oxygen atoms in total. The van der Waals surface area contributed by atoms with E-state index < -0.39 is 5.82 Å². The number of para-hydroxylation sites is 1. The summed E-state index contributed by atoms with van der Waals surface area (Å²) in [5, 5.41) is 16.0. The van der Waals surface area contributed by atoms with Crippen LogP contribution in [0.2, 0.25) is 0 Å². The van der Waals surface area contributed by atoms with Gasteiger partial charge in [-0.05, 0) is 57.0 Å². The van der Waals surface area contributed by atoms with Crippen molar-refractivity contribution in [3.63, 3.8) is 0 Å². The van der Waals surface area contributed by atoms with E-state index in [2.05, 4.69) is 20.6 Å². The molecule has 0 bridgehead atoms. The van der Waals surface area contributed by atoms with Crippen molar-refractivity contribution in [2.45, 2.75) is 46.1 Å². The van der Waals surface area contributed by atoms with Crippen LogP contribution >= 0.6 is 0 Å². The van der Waals surface area contributed by atoms with E-state index in [0.29, 0.717) is 28.3 Å². The molecule has 5 rings (SSSR count). The average Bonchev–Trinajstić information content (AvgIpc) is 3.25. The van der Waals surface area contributed by atoms with E-state index in [1.807, 2.05) is 48.7 Å². The van der Waals surface area contributed by atoms with Gasteiger partial charge in [0.05, 0.1) is 28.2 Å². The van der Waals surface area contributed by atoms with Crippen LogP contribution in [0.4, 0.5) is 10.1 Å². The van der Waals surface area contributed by atoms with E-state index in [9.17, 15) is 9.18 Å². The van der Waals surface area contributed by atoms with Gasteiger partial charge in [0.25, 0.3) is 5.91 Å². The van der Waals surface area contributed by atoms with E-state index in [-0.39, 0.29) is 5.91 Å². The second-order valence-electron chi connectivity index (χ2n) is 8.34. The Bertz CT molecular complexity index is 1320. The molecule has 1 aliphatic rings. The van der Waals surface area contributed by atoms with Gasteiger partial charge in [-0.3, -0.25) is 4.79 Å². The quantitative estimate of drug-likeness (QED) is 0.487. The van der Waals surface area contributed by atoms with Crippen LogP contribution in [0.15, 0.2) is 48.5 Å². The van der Waals surface area contributed by atoms with Gasteiger partial charge >= 0.3 is 0 Å². The second-order valence-corrected chi connectivity index (χ2v) is 8.34. The standard InChI is InChI=1S/C25H25FN6O/c1-16-23(17(2)32(30-16)19-9-5-3-6-10-19)25(33)27-18-12-13-21(26)20(15-18)24-29-28-22-11-7-4-8-14-31(22)24/h3,5-6,9-10,12-13,15H,4,7-8,11,14H2,1-2H3,(H,27,33). The number of anilines is 1. The predicted molar refractivity (Wildman–Crippen MR) is 124 cm³/mol. The summed E-state index contributed by atoms with van der Waals surface area (Å²) in [6.07, 6.45) is 4.04. The molecule has 168 valence electrons. The van der Waals surface area contributed by atoms with Gasteiger partial charge in [0.15, 0.2) is 5.82 Å².